The number of amides is 1. The van der Waals surface area contributed by atoms with Crippen LogP contribution in [-0.4, -0.2) is 26.5 Å². The Morgan fingerprint density at radius 3 is 2.67 bits per heavy atom. The maximum Gasteiger partial charge on any atom is 0.237 e. The number of nitrogens with zero attached hydrogens (tertiary/aromatic N) is 2. The minimum atomic E-state index is 0.114. The van der Waals surface area contributed by atoms with Crippen LogP contribution in [0.1, 0.15) is 24.2 Å². The summed E-state index contributed by atoms with van der Waals surface area (Å²) < 4.78 is 2.05. The van der Waals surface area contributed by atoms with Gasteiger partial charge in [0, 0.05) is 17.1 Å². The summed E-state index contributed by atoms with van der Waals surface area (Å²) in [6, 6.07) is 7.90. The second-order valence-electron chi connectivity index (χ2n) is 5.32. The molecule has 0 aliphatic carbocycles. The minimum Gasteiger partial charge on any atom is -0.325 e. The van der Waals surface area contributed by atoms with E-state index in [4.69, 9.17) is 0 Å². The smallest absolute Gasteiger partial charge is 0.237 e. The van der Waals surface area contributed by atoms with Gasteiger partial charge in [-0.05, 0) is 56.7 Å². The molecular formula is C16H19N3OS. The van der Waals surface area contributed by atoms with Gasteiger partial charge in [-0.2, -0.15) is 0 Å². The molecule has 3 rings (SSSR count). The monoisotopic (exact) mass is 301 g/mol. The van der Waals surface area contributed by atoms with Gasteiger partial charge in [-0.25, -0.2) is 4.98 Å². The van der Waals surface area contributed by atoms with Crippen molar-refractivity contribution >= 4 is 23.4 Å². The van der Waals surface area contributed by atoms with Crippen LogP contribution >= 0.6 is 11.8 Å². The standard InChI is InChI=1S/C16H19N3OS/c1-11-12(2)19(10-17-11)14-7-5-13(6-8-14)18-16(20)15-4-3-9-21-15/h5-8,10,15H,3-4,9H2,1-2H3,(H,18,20). The summed E-state index contributed by atoms with van der Waals surface area (Å²) in [6.07, 6.45) is 3.95. The Balaban J connectivity index is 1.72. The van der Waals surface area contributed by atoms with Crippen molar-refractivity contribution < 1.29 is 4.79 Å². The van der Waals surface area contributed by atoms with Crippen molar-refractivity contribution in [1.82, 2.24) is 9.55 Å². The van der Waals surface area contributed by atoms with Gasteiger partial charge in [-0.15, -0.1) is 11.8 Å². The summed E-state index contributed by atoms with van der Waals surface area (Å²) in [4.78, 5) is 16.4. The van der Waals surface area contributed by atoms with Gasteiger partial charge in [0.2, 0.25) is 5.91 Å². The van der Waals surface area contributed by atoms with E-state index in [0.29, 0.717) is 0 Å². The van der Waals surface area contributed by atoms with Gasteiger partial charge in [-0.1, -0.05) is 0 Å². The third kappa shape index (κ3) is 2.97. The molecule has 1 saturated heterocycles. The lowest BCUT2D eigenvalue weighted by Crippen LogP contribution is -2.22. The fourth-order valence-electron chi connectivity index (χ4n) is 2.47. The molecular weight excluding hydrogens is 282 g/mol. The van der Waals surface area contributed by atoms with Crippen LogP contribution in [0.3, 0.4) is 0 Å². The number of hydrogen-bond donors (Lipinski definition) is 1. The number of aryl methyl sites for hydroxylation is 1. The third-order valence-electron chi connectivity index (χ3n) is 3.89. The fraction of sp³-hybridized carbons (Fsp3) is 0.375. The molecule has 1 aromatic heterocycles. The van der Waals surface area contributed by atoms with E-state index in [1.54, 1.807) is 11.8 Å². The Morgan fingerprint density at radius 1 is 1.33 bits per heavy atom. The van der Waals surface area contributed by atoms with Crippen LogP contribution in [0.5, 0.6) is 0 Å². The maximum absolute atomic E-state index is 12.1. The van der Waals surface area contributed by atoms with E-state index >= 15 is 0 Å². The van der Waals surface area contributed by atoms with E-state index in [9.17, 15) is 4.79 Å². The lowest BCUT2D eigenvalue weighted by atomic mass is 10.2. The number of carbonyl (C=O) groups excluding carboxylic acids is 1. The Morgan fingerprint density at radius 2 is 2.10 bits per heavy atom. The number of rotatable bonds is 3. The van der Waals surface area contributed by atoms with Crippen molar-refractivity contribution in [3.05, 3.63) is 42.0 Å². The number of benzene rings is 1. The van der Waals surface area contributed by atoms with Crippen LogP contribution in [-0.2, 0) is 4.79 Å². The average molecular weight is 301 g/mol. The first-order valence-electron chi connectivity index (χ1n) is 7.18. The molecule has 2 heterocycles. The molecule has 4 nitrogen and oxygen atoms in total. The molecule has 110 valence electrons. The van der Waals surface area contributed by atoms with Crippen LogP contribution in [0.4, 0.5) is 5.69 Å². The molecule has 1 atom stereocenters. The molecule has 2 aromatic rings. The predicted molar refractivity (Wildman–Crippen MR) is 87.1 cm³/mol. The number of thioether (sulfide) groups is 1. The van der Waals surface area contributed by atoms with Crippen molar-refractivity contribution in [3.63, 3.8) is 0 Å². The van der Waals surface area contributed by atoms with Gasteiger partial charge in [0.05, 0.1) is 17.3 Å². The van der Waals surface area contributed by atoms with Crippen molar-refractivity contribution in [2.45, 2.75) is 31.9 Å². The molecule has 0 bridgehead atoms. The van der Waals surface area contributed by atoms with Crippen LogP contribution in [0.25, 0.3) is 5.69 Å². The van der Waals surface area contributed by atoms with E-state index in [1.807, 2.05) is 42.1 Å². The zero-order valence-corrected chi connectivity index (χ0v) is 13.1. The largest absolute Gasteiger partial charge is 0.325 e. The third-order valence-corrected chi connectivity index (χ3v) is 5.26. The van der Waals surface area contributed by atoms with Crippen molar-refractivity contribution in [2.24, 2.45) is 0 Å². The molecule has 1 aliphatic rings. The summed E-state index contributed by atoms with van der Waals surface area (Å²) in [6.45, 7) is 4.05. The van der Waals surface area contributed by atoms with Crippen LogP contribution in [0.2, 0.25) is 0 Å². The normalized spacial score (nSPS) is 17.9. The van der Waals surface area contributed by atoms with E-state index < -0.39 is 0 Å². The Bertz CT molecular complexity index is 642. The van der Waals surface area contributed by atoms with Gasteiger partial charge in [-0.3, -0.25) is 4.79 Å². The number of anilines is 1. The summed E-state index contributed by atoms with van der Waals surface area (Å²) in [5.41, 5.74) is 4.08. The highest BCUT2D eigenvalue weighted by molar-refractivity contribution is 8.00. The molecule has 1 N–H and O–H groups in total. The van der Waals surface area contributed by atoms with Crippen LogP contribution in [0.15, 0.2) is 30.6 Å². The minimum absolute atomic E-state index is 0.114. The maximum atomic E-state index is 12.1. The Labute approximate surface area is 129 Å². The Hall–Kier alpha value is -1.75. The van der Waals surface area contributed by atoms with Gasteiger partial charge in [0.15, 0.2) is 0 Å². The summed E-state index contributed by atoms with van der Waals surface area (Å²) in [7, 11) is 0. The van der Waals surface area contributed by atoms with E-state index in [2.05, 4.69) is 17.2 Å². The fourth-order valence-corrected chi connectivity index (χ4v) is 3.63. The molecule has 0 radical (unpaired) electrons. The first-order chi connectivity index (χ1) is 10.1. The van der Waals surface area contributed by atoms with Crippen molar-refractivity contribution in [3.8, 4) is 5.69 Å². The van der Waals surface area contributed by atoms with Gasteiger partial charge < -0.3 is 9.88 Å². The lowest BCUT2D eigenvalue weighted by Gasteiger charge is -2.11. The number of imidazole rings is 1. The van der Waals surface area contributed by atoms with Crippen LogP contribution < -0.4 is 5.32 Å². The average Bonchev–Trinajstić information content (AvgIpc) is 3.12. The van der Waals surface area contributed by atoms with Crippen molar-refractivity contribution in [1.29, 1.82) is 0 Å². The number of nitrogens with one attached hydrogen (secondary N) is 1. The molecule has 1 aromatic carbocycles. The van der Waals surface area contributed by atoms with Gasteiger partial charge >= 0.3 is 0 Å². The molecule has 21 heavy (non-hydrogen) atoms. The Kier molecular flexibility index (Phi) is 4.01. The molecule has 5 heteroatoms. The molecule has 0 spiro atoms. The zero-order chi connectivity index (χ0) is 14.8. The summed E-state index contributed by atoms with van der Waals surface area (Å²) in [5.74, 6) is 1.22. The number of hydrogen-bond acceptors (Lipinski definition) is 3. The SMILES string of the molecule is Cc1ncn(-c2ccc(NC(=O)C3CCCS3)cc2)c1C. The summed E-state index contributed by atoms with van der Waals surface area (Å²) >= 11 is 1.75. The molecule has 1 unspecified atom stereocenters. The molecule has 0 saturated carbocycles. The van der Waals surface area contributed by atoms with Crippen LogP contribution in [0, 0.1) is 13.8 Å². The first-order valence-corrected chi connectivity index (χ1v) is 8.23. The topological polar surface area (TPSA) is 46.9 Å². The first kappa shape index (κ1) is 14.2. The number of aromatic nitrogens is 2. The lowest BCUT2D eigenvalue weighted by molar-refractivity contribution is -0.115. The highest BCUT2D eigenvalue weighted by Gasteiger charge is 2.23. The van der Waals surface area contributed by atoms with Gasteiger partial charge in [0.1, 0.15) is 0 Å². The molecule has 1 fully saturated rings. The second kappa shape index (κ2) is 5.93. The second-order valence-corrected chi connectivity index (χ2v) is 6.63. The summed E-state index contributed by atoms with van der Waals surface area (Å²) in [5, 5.41) is 3.11. The molecule has 1 amide bonds. The van der Waals surface area contributed by atoms with E-state index in [-0.39, 0.29) is 11.2 Å². The molecule has 1 aliphatic heterocycles. The van der Waals surface area contributed by atoms with Gasteiger partial charge in [0.25, 0.3) is 0 Å². The predicted octanol–water partition coefficient (Wildman–Crippen LogP) is 3.32. The van der Waals surface area contributed by atoms with Crippen molar-refractivity contribution in [2.75, 3.05) is 11.1 Å². The van der Waals surface area contributed by atoms with E-state index in [1.165, 1.54) is 0 Å². The quantitative estimate of drug-likeness (QED) is 0.946. The number of carbonyl (C=O) groups is 1. The highest BCUT2D eigenvalue weighted by Crippen LogP contribution is 2.27. The van der Waals surface area contributed by atoms with E-state index in [0.717, 1.165) is 41.4 Å². The zero-order valence-electron chi connectivity index (χ0n) is 12.3. The highest BCUT2D eigenvalue weighted by atomic mass is 32.2.